The molecule has 2 aliphatic heterocycles. The Morgan fingerprint density at radius 1 is 0.857 bits per heavy atom. The van der Waals surface area contributed by atoms with E-state index in [4.69, 9.17) is 0 Å². The van der Waals surface area contributed by atoms with E-state index in [0.29, 0.717) is 5.91 Å². The third-order valence-corrected chi connectivity index (χ3v) is 6.70. The standard InChI is InChI=1S/C25H40N2O/c28-25(27-19-8-3-9-20-27)15-6-2-7-18-26-21-16-24(17-22-26)14-10-13-23-11-4-1-5-12-23/h1,4-5,11-12,24H,2-3,6-10,13-22H2. The van der Waals surface area contributed by atoms with Gasteiger partial charge in [-0.25, -0.2) is 0 Å². The second-order valence-electron chi connectivity index (χ2n) is 8.91. The number of benzene rings is 1. The van der Waals surface area contributed by atoms with Gasteiger partial charge in [-0.05, 0) is 88.9 Å². The molecule has 0 bridgehead atoms. The number of rotatable bonds is 10. The Kier molecular flexibility index (Phi) is 9.36. The third kappa shape index (κ3) is 7.58. The van der Waals surface area contributed by atoms with E-state index < -0.39 is 0 Å². The van der Waals surface area contributed by atoms with Gasteiger partial charge in [-0.1, -0.05) is 43.2 Å². The molecule has 156 valence electrons. The lowest BCUT2D eigenvalue weighted by molar-refractivity contribution is -0.132. The molecule has 0 aliphatic carbocycles. The van der Waals surface area contributed by atoms with Crippen molar-refractivity contribution in [2.75, 3.05) is 32.7 Å². The normalized spacial score (nSPS) is 19.1. The summed E-state index contributed by atoms with van der Waals surface area (Å²) in [7, 11) is 0. The summed E-state index contributed by atoms with van der Waals surface area (Å²) in [6.45, 7) is 5.79. The highest BCUT2D eigenvalue weighted by Gasteiger charge is 2.19. The number of hydrogen-bond acceptors (Lipinski definition) is 2. The topological polar surface area (TPSA) is 23.6 Å². The van der Waals surface area contributed by atoms with Crippen molar-refractivity contribution in [1.82, 2.24) is 9.80 Å². The van der Waals surface area contributed by atoms with E-state index in [1.807, 2.05) is 0 Å². The highest BCUT2D eigenvalue weighted by Crippen LogP contribution is 2.23. The molecule has 2 aliphatic rings. The van der Waals surface area contributed by atoms with Crippen molar-refractivity contribution in [1.29, 1.82) is 0 Å². The van der Waals surface area contributed by atoms with Crippen molar-refractivity contribution < 1.29 is 4.79 Å². The van der Waals surface area contributed by atoms with Gasteiger partial charge < -0.3 is 9.80 Å². The molecule has 2 heterocycles. The Balaban J connectivity index is 1.18. The minimum absolute atomic E-state index is 0.399. The number of unbranched alkanes of at least 4 members (excludes halogenated alkanes) is 2. The zero-order chi connectivity index (χ0) is 19.4. The molecular weight excluding hydrogens is 344 g/mol. The first-order valence-electron chi connectivity index (χ1n) is 11.9. The van der Waals surface area contributed by atoms with E-state index in [2.05, 4.69) is 40.1 Å². The molecule has 2 saturated heterocycles. The largest absolute Gasteiger partial charge is 0.343 e. The molecule has 0 atom stereocenters. The third-order valence-electron chi connectivity index (χ3n) is 6.70. The molecule has 0 radical (unpaired) electrons. The summed E-state index contributed by atoms with van der Waals surface area (Å²) in [4.78, 5) is 16.9. The summed E-state index contributed by atoms with van der Waals surface area (Å²) >= 11 is 0. The number of likely N-dealkylation sites (tertiary alicyclic amines) is 2. The molecule has 0 N–H and O–H groups in total. The van der Waals surface area contributed by atoms with Gasteiger partial charge in [0.15, 0.2) is 0 Å². The number of nitrogens with zero attached hydrogens (tertiary/aromatic N) is 2. The van der Waals surface area contributed by atoms with Crippen LogP contribution in [0.2, 0.25) is 0 Å². The lowest BCUT2D eigenvalue weighted by Gasteiger charge is -2.32. The van der Waals surface area contributed by atoms with Crippen LogP contribution < -0.4 is 0 Å². The molecule has 28 heavy (non-hydrogen) atoms. The summed E-state index contributed by atoms with van der Waals surface area (Å²) < 4.78 is 0. The van der Waals surface area contributed by atoms with E-state index in [9.17, 15) is 4.79 Å². The molecule has 1 aromatic rings. The number of carbonyl (C=O) groups excluding carboxylic acids is 1. The number of carbonyl (C=O) groups is 1. The molecule has 3 heteroatoms. The molecule has 3 nitrogen and oxygen atoms in total. The van der Waals surface area contributed by atoms with Gasteiger partial charge in [0.05, 0.1) is 0 Å². The average molecular weight is 385 g/mol. The van der Waals surface area contributed by atoms with Gasteiger partial charge in [0.25, 0.3) is 0 Å². The van der Waals surface area contributed by atoms with E-state index in [1.54, 1.807) is 0 Å². The Morgan fingerprint density at radius 3 is 2.36 bits per heavy atom. The first-order valence-corrected chi connectivity index (χ1v) is 11.9. The molecular formula is C25H40N2O. The van der Waals surface area contributed by atoms with Crippen molar-refractivity contribution in [3.63, 3.8) is 0 Å². The molecule has 0 unspecified atom stereocenters. The van der Waals surface area contributed by atoms with E-state index in [0.717, 1.165) is 31.8 Å². The van der Waals surface area contributed by atoms with Gasteiger partial charge in [-0.15, -0.1) is 0 Å². The highest BCUT2D eigenvalue weighted by atomic mass is 16.2. The number of aryl methyl sites for hydroxylation is 1. The van der Waals surface area contributed by atoms with Crippen LogP contribution in [0.25, 0.3) is 0 Å². The van der Waals surface area contributed by atoms with Crippen LogP contribution in [0.3, 0.4) is 0 Å². The smallest absolute Gasteiger partial charge is 0.222 e. The van der Waals surface area contributed by atoms with Gasteiger partial charge in [-0.2, -0.15) is 0 Å². The fourth-order valence-corrected chi connectivity index (χ4v) is 4.83. The number of hydrogen-bond donors (Lipinski definition) is 0. The van der Waals surface area contributed by atoms with Crippen LogP contribution >= 0.6 is 0 Å². The van der Waals surface area contributed by atoms with Crippen LogP contribution in [-0.4, -0.2) is 48.4 Å². The maximum Gasteiger partial charge on any atom is 0.222 e. The zero-order valence-corrected chi connectivity index (χ0v) is 17.8. The molecule has 1 aromatic carbocycles. The monoisotopic (exact) mass is 384 g/mol. The number of piperidine rings is 2. The fraction of sp³-hybridized carbons (Fsp3) is 0.720. The highest BCUT2D eigenvalue weighted by molar-refractivity contribution is 5.76. The van der Waals surface area contributed by atoms with Crippen molar-refractivity contribution >= 4 is 5.91 Å². The first-order chi connectivity index (χ1) is 13.8. The second-order valence-corrected chi connectivity index (χ2v) is 8.91. The fourth-order valence-electron chi connectivity index (χ4n) is 4.83. The van der Waals surface area contributed by atoms with Crippen LogP contribution in [-0.2, 0) is 11.2 Å². The van der Waals surface area contributed by atoms with Gasteiger partial charge in [-0.3, -0.25) is 4.79 Å². The minimum atomic E-state index is 0.399. The van der Waals surface area contributed by atoms with Gasteiger partial charge in [0, 0.05) is 19.5 Å². The van der Waals surface area contributed by atoms with Crippen molar-refractivity contribution in [3.05, 3.63) is 35.9 Å². The molecule has 1 amide bonds. The number of amides is 1. The van der Waals surface area contributed by atoms with Crippen LogP contribution in [0.1, 0.15) is 76.2 Å². The second kappa shape index (κ2) is 12.3. The van der Waals surface area contributed by atoms with Crippen LogP contribution in [0, 0.1) is 5.92 Å². The lowest BCUT2D eigenvalue weighted by atomic mass is 9.90. The van der Waals surface area contributed by atoms with Crippen LogP contribution in [0.15, 0.2) is 30.3 Å². The Labute approximate surface area is 172 Å². The van der Waals surface area contributed by atoms with Crippen LogP contribution in [0.5, 0.6) is 0 Å². The van der Waals surface area contributed by atoms with E-state index in [1.165, 1.54) is 89.4 Å². The van der Waals surface area contributed by atoms with Gasteiger partial charge in [0.2, 0.25) is 5.91 Å². The Hall–Kier alpha value is -1.35. The van der Waals surface area contributed by atoms with Crippen molar-refractivity contribution in [2.24, 2.45) is 5.92 Å². The van der Waals surface area contributed by atoms with Gasteiger partial charge >= 0.3 is 0 Å². The predicted molar refractivity (Wildman–Crippen MR) is 117 cm³/mol. The predicted octanol–water partition coefficient (Wildman–Crippen LogP) is 5.29. The summed E-state index contributed by atoms with van der Waals surface area (Å²) in [5, 5.41) is 0. The molecule has 0 saturated carbocycles. The minimum Gasteiger partial charge on any atom is -0.343 e. The van der Waals surface area contributed by atoms with Gasteiger partial charge in [0.1, 0.15) is 0 Å². The Bertz CT molecular complexity index is 545. The average Bonchev–Trinajstić information content (AvgIpc) is 2.76. The SMILES string of the molecule is O=C(CCCCCN1CCC(CCCc2ccccc2)CC1)N1CCCCC1. The van der Waals surface area contributed by atoms with Crippen LogP contribution in [0.4, 0.5) is 0 Å². The summed E-state index contributed by atoms with van der Waals surface area (Å²) in [6, 6.07) is 10.9. The van der Waals surface area contributed by atoms with Crippen molar-refractivity contribution in [3.8, 4) is 0 Å². The summed E-state index contributed by atoms with van der Waals surface area (Å²) in [5.41, 5.74) is 1.48. The molecule has 3 rings (SSSR count). The quantitative estimate of drug-likeness (QED) is 0.511. The molecule has 0 spiro atoms. The first kappa shape index (κ1) is 21.4. The lowest BCUT2D eigenvalue weighted by Crippen LogP contribution is -2.35. The summed E-state index contributed by atoms with van der Waals surface area (Å²) in [6.07, 6.45) is 14.7. The van der Waals surface area contributed by atoms with E-state index >= 15 is 0 Å². The molecule has 0 aromatic heterocycles. The maximum absolute atomic E-state index is 12.2. The Morgan fingerprint density at radius 2 is 1.61 bits per heavy atom. The zero-order valence-electron chi connectivity index (χ0n) is 17.8. The van der Waals surface area contributed by atoms with Crippen molar-refractivity contribution in [2.45, 2.75) is 77.0 Å². The summed E-state index contributed by atoms with van der Waals surface area (Å²) in [5.74, 6) is 1.33. The molecule has 2 fully saturated rings. The maximum atomic E-state index is 12.2. The van der Waals surface area contributed by atoms with E-state index in [-0.39, 0.29) is 0 Å².